The predicted molar refractivity (Wildman–Crippen MR) is 80.0 cm³/mol. The molecule has 0 unspecified atom stereocenters. The van der Waals surface area contributed by atoms with Crippen LogP contribution in [-0.2, 0) is 13.0 Å². The maximum Gasteiger partial charge on any atom is 0.138 e. The molecule has 2 nitrogen and oxygen atoms in total. The van der Waals surface area contributed by atoms with Gasteiger partial charge in [-0.2, -0.15) is 0 Å². The third-order valence-corrected chi connectivity index (χ3v) is 3.34. The highest BCUT2D eigenvalue weighted by molar-refractivity contribution is 6.35. The van der Waals surface area contributed by atoms with E-state index in [0.29, 0.717) is 28.9 Å². The van der Waals surface area contributed by atoms with E-state index in [0.717, 1.165) is 12.0 Å². The van der Waals surface area contributed by atoms with Gasteiger partial charge in [-0.15, -0.1) is 0 Å². The molecule has 0 saturated heterocycles. The van der Waals surface area contributed by atoms with Crippen LogP contribution in [0.3, 0.4) is 0 Å². The first kappa shape index (κ1) is 14.2. The van der Waals surface area contributed by atoms with Crippen LogP contribution in [0.5, 0.6) is 5.75 Å². The molecule has 0 saturated carbocycles. The smallest absolute Gasteiger partial charge is 0.138 e. The first-order valence-electron chi connectivity index (χ1n) is 6.05. The van der Waals surface area contributed by atoms with E-state index in [1.165, 1.54) is 5.56 Å². The summed E-state index contributed by atoms with van der Waals surface area (Å²) in [5, 5.41) is 1.12. The lowest BCUT2D eigenvalue weighted by molar-refractivity contribution is 0.305. The summed E-state index contributed by atoms with van der Waals surface area (Å²) in [6.45, 7) is 1.09. The van der Waals surface area contributed by atoms with Gasteiger partial charge in [0.1, 0.15) is 12.4 Å². The van der Waals surface area contributed by atoms with Gasteiger partial charge in [0.25, 0.3) is 0 Å². The van der Waals surface area contributed by atoms with Crippen LogP contribution in [0, 0.1) is 0 Å². The summed E-state index contributed by atoms with van der Waals surface area (Å²) in [6, 6.07) is 13.3. The minimum absolute atomic E-state index is 0.470. The van der Waals surface area contributed by atoms with Crippen molar-refractivity contribution in [2.24, 2.45) is 5.73 Å². The van der Waals surface area contributed by atoms with Gasteiger partial charge in [-0.05, 0) is 42.3 Å². The van der Waals surface area contributed by atoms with E-state index in [9.17, 15) is 0 Å². The molecule has 4 heteroatoms. The number of halogens is 2. The van der Waals surface area contributed by atoms with E-state index in [4.69, 9.17) is 33.7 Å². The van der Waals surface area contributed by atoms with E-state index in [-0.39, 0.29) is 0 Å². The average Bonchev–Trinajstić information content (AvgIpc) is 2.40. The van der Waals surface area contributed by atoms with Crippen molar-refractivity contribution in [2.45, 2.75) is 13.0 Å². The molecule has 0 aliphatic carbocycles. The molecule has 19 heavy (non-hydrogen) atoms. The fraction of sp³-hybridized carbons (Fsp3) is 0.200. The number of hydrogen-bond acceptors (Lipinski definition) is 2. The van der Waals surface area contributed by atoms with Crippen LogP contribution >= 0.6 is 23.2 Å². The zero-order valence-electron chi connectivity index (χ0n) is 10.4. The molecule has 0 fully saturated rings. The number of nitrogens with two attached hydrogens (primary N) is 1. The molecule has 100 valence electrons. The van der Waals surface area contributed by atoms with Gasteiger partial charge in [0.05, 0.1) is 5.02 Å². The molecule has 0 bridgehead atoms. The molecule has 2 aromatic carbocycles. The van der Waals surface area contributed by atoms with E-state index >= 15 is 0 Å². The van der Waals surface area contributed by atoms with Gasteiger partial charge >= 0.3 is 0 Å². The Balaban J connectivity index is 2.10. The molecule has 0 radical (unpaired) electrons. The van der Waals surface area contributed by atoms with Crippen molar-refractivity contribution in [2.75, 3.05) is 6.54 Å². The topological polar surface area (TPSA) is 35.2 Å². The van der Waals surface area contributed by atoms with Gasteiger partial charge in [0.2, 0.25) is 0 Å². The Morgan fingerprint density at radius 3 is 2.42 bits per heavy atom. The molecule has 2 aromatic rings. The highest BCUT2D eigenvalue weighted by Crippen LogP contribution is 2.28. The maximum absolute atomic E-state index is 6.07. The lowest BCUT2D eigenvalue weighted by atomic mass is 10.1. The van der Waals surface area contributed by atoms with Crippen LogP contribution in [0.2, 0.25) is 10.0 Å². The van der Waals surface area contributed by atoms with Crippen molar-refractivity contribution >= 4 is 23.2 Å². The second kappa shape index (κ2) is 6.80. The Morgan fingerprint density at radius 2 is 1.74 bits per heavy atom. The Kier molecular flexibility index (Phi) is 5.08. The minimum Gasteiger partial charge on any atom is -0.487 e. The summed E-state index contributed by atoms with van der Waals surface area (Å²) in [4.78, 5) is 0. The third kappa shape index (κ3) is 3.87. The van der Waals surface area contributed by atoms with Crippen molar-refractivity contribution in [3.63, 3.8) is 0 Å². The normalized spacial score (nSPS) is 10.5. The number of rotatable bonds is 5. The monoisotopic (exact) mass is 295 g/mol. The van der Waals surface area contributed by atoms with Crippen LogP contribution in [0.1, 0.15) is 11.1 Å². The molecule has 2 rings (SSSR count). The molecular weight excluding hydrogens is 281 g/mol. The van der Waals surface area contributed by atoms with Crippen LogP contribution in [0.25, 0.3) is 0 Å². The summed E-state index contributed by atoms with van der Waals surface area (Å²) in [5.74, 6) is 0.633. The lowest BCUT2D eigenvalue weighted by Crippen LogP contribution is -2.07. The van der Waals surface area contributed by atoms with Crippen LogP contribution in [0.15, 0.2) is 42.5 Å². The average molecular weight is 296 g/mol. The first-order chi connectivity index (χ1) is 9.20. The molecule has 0 atom stereocenters. The van der Waals surface area contributed by atoms with Crippen molar-refractivity contribution in [1.29, 1.82) is 0 Å². The van der Waals surface area contributed by atoms with Crippen molar-refractivity contribution in [1.82, 2.24) is 0 Å². The van der Waals surface area contributed by atoms with Crippen molar-refractivity contribution in [3.8, 4) is 5.75 Å². The quantitative estimate of drug-likeness (QED) is 0.902. The number of benzene rings is 2. The summed E-state index contributed by atoms with van der Waals surface area (Å²) in [5.41, 5.74) is 7.93. The maximum atomic E-state index is 6.07. The Hall–Kier alpha value is -1.22. The molecule has 0 heterocycles. The SMILES string of the molecule is NCCc1ccccc1COc1ccc(Cl)cc1Cl. The highest BCUT2D eigenvalue weighted by atomic mass is 35.5. The second-order valence-electron chi connectivity index (χ2n) is 4.17. The van der Waals surface area contributed by atoms with Gasteiger partial charge in [-0.1, -0.05) is 47.5 Å². The molecule has 0 aliphatic heterocycles. The van der Waals surface area contributed by atoms with E-state index in [2.05, 4.69) is 6.07 Å². The zero-order chi connectivity index (χ0) is 13.7. The highest BCUT2D eigenvalue weighted by Gasteiger charge is 2.05. The summed E-state index contributed by atoms with van der Waals surface area (Å²) in [6.07, 6.45) is 0.841. The molecule has 0 spiro atoms. The van der Waals surface area contributed by atoms with Gasteiger partial charge in [-0.3, -0.25) is 0 Å². The van der Waals surface area contributed by atoms with Crippen molar-refractivity contribution < 1.29 is 4.74 Å². The zero-order valence-corrected chi connectivity index (χ0v) is 11.9. The van der Waals surface area contributed by atoms with Crippen LogP contribution in [0.4, 0.5) is 0 Å². The van der Waals surface area contributed by atoms with Crippen molar-refractivity contribution in [3.05, 3.63) is 63.6 Å². The van der Waals surface area contributed by atoms with Crippen LogP contribution < -0.4 is 10.5 Å². The van der Waals surface area contributed by atoms with E-state index in [1.54, 1.807) is 18.2 Å². The molecule has 0 amide bonds. The summed E-state index contributed by atoms with van der Waals surface area (Å²) in [7, 11) is 0. The Labute approximate surface area is 123 Å². The Bertz CT molecular complexity index is 558. The van der Waals surface area contributed by atoms with Gasteiger partial charge in [0, 0.05) is 5.02 Å². The fourth-order valence-corrected chi connectivity index (χ4v) is 2.31. The number of ether oxygens (including phenoxy) is 1. The van der Waals surface area contributed by atoms with E-state index < -0.39 is 0 Å². The fourth-order valence-electron chi connectivity index (χ4n) is 1.85. The Morgan fingerprint density at radius 1 is 1.00 bits per heavy atom. The molecule has 0 aliphatic rings. The number of hydrogen-bond donors (Lipinski definition) is 1. The summed E-state index contributed by atoms with van der Waals surface area (Å²) >= 11 is 11.9. The lowest BCUT2D eigenvalue weighted by Gasteiger charge is -2.11. The summed E-state index contributed by atoms with van der Waals surface area (Å²) < 4.78 is 5.73. The standard InChI is InChI=1S/C15H15Cl2NO/c16-13-5-6-15(14(17)9-13)19-10-12-4-2-1-3-11(12)7-8-18/h1-6,9H,7-8,10,18H2. The van der Waals surface area contributed by atoms with Gasteiger partial charge < -0.3 is 10.5 Å². The molecular formula is C15H15Cl2NO. The largest absolute Gasteiger partial charge is 0.487 e. The first-order valence-corrected chi connectivity index (χ1v) is 6.81. The molecule has 2 N–H and O–H groups in total. The van der Waals surface area contributed by atoms with E-state index in [1.807, 2.05) is 18.2 Å². The second-order valence-corrected chi connectivity index (χ2v) is 5.01. The van der Waals surface area contributed by atoms with Gasteiger partial charge in [0.15, 0.2) is 0 Å². The predicted octanol–water partition coefficient (Wildman–Crippen LogP) is 4.07. The van der Waals surface area contributed by atoms with Crippen LogP contribution in [-0.4, -0.2) is 6.54 Å². The van der Waals surface area contributed by atoms with Gasteiger partial charge in [-0.25, -0.2) is 0 Å². The molecule has 0 aromatic heterocycles. The third-order valence-electron chi connectivity index (χ3n) is 2.81. The minimum atomic E-state index is 0.470.